The van der Waals surface area contributed by atoms with E-state index in [1.54, 1.807) is 18.6 Å². The molecule has 0 saturated carbocycles. The summed E-state index contributed by atoms with van der Waals surface area (Å²) < 4.78 is 26.9. The van der Waals surface area contributed by atoms with Crippen LogP contribution < -0.4 is 0 Å². The fraction of sp³-hybridized carbons (Fsp3) is 0.462. The van der Waals surface area contributed by atoms with Gasteiger partial charge >= 0.3 is 0 Å². The molecule has 7 nitrogen and oxygen atoms in total. The van der Waals surface area contributed by atoms with Gasteiger partial charge in [0, 0.05) is 26.0 Å². The summed E-state index contributed by atoms with van der Waals surface area (Å²) in [6.45, 7) is 0.548. The first-order valence-electron chi connectivity index (χ1n) is 6.73. The van der Waals surface area contributed by atoms with E-state index in [4.69, 9.17) is 0 Å². The number of nitrogens with zero attached hydrogens (tertiary/aromatic N) is 5. The molecule has 3 heterocycles. The minimum Gasteiger partial charge on any atom is -0.333 e. The molecular weight excluding hydrogens is 290 g/mol. The van der Waals surface area contributed by atoms with Gasteiger partial charge in [0.05, 0.1) is 30.4 Å². The van der Waals surface area contributed by atoms with Gasteiger partial charge in [0.25, 0.3) is 0 Å². The van der Waals surface area contributed by atoms with Gasteiger partial charge in [-0.1, -0.05) is 0 Å². The molecule has 0 radical (unpaired) electrons. The third-order valence-electron chi connectivity index (χ3n) is 3.69. The van der Waals surface area contributed by atoms with Crippen molar-refractivity contribution in [3.05, 3.63) is 30.5 Å². The molecule has 0 spiro atoms. The quantitative estimate of drug-likeness (QED) is 0.844. The van der Waals surface area contributed by atoms with E-state index in [1.807, 2.05) is 17.8 Å². The number of imidazole rings is 1. The van der Waals surface area contributed by atoms with Gasteiger partial charge in [-0.05, 0) is 12.8 Å². The third-order valence-corrected chi connectivity index (χ3v) is 4.98. The van der Waals surface area contributed by atoms with Crippen LogP contribution in [0.25, 0.3) is 11.5 Å². The van der Waals surface area contributed by atoms with E-state index in [1.165, 1.54) is 10.6 Å². The molecule has 8 heteroatoms. The molecule has 1 aliphatic rings. The van der Waals surface area contributed by atoms with Crippen molar-refractivity contribution in [3.63, 3.8) is 0 Å². The minimum absolute atomic E-state index is 0.206. The van der Waals surface area contributed by atoms with Crippen LogP contribution in [0, 0.1) is 0 Å². The number of hydrogen-bond acceptors (Lipinski definition) is 5. The van der Waals surface area contributed by atoms with Gasteiger partial charge in [-0.2, -0.15) is 4.31 Å². The summed E-state index contributed by atoms with van der Waals surface area (Å²) in [5.41, 5.74) is 1.37. The van der Waals surface area contributed by atoms with Crippen LogP contribution in [0.2, 0.25) is 0 Å². The first-order chi connectivity index (χ1) is 9.97. The highest BCUT2D eigenvalue weighted by Crippen LogP contribution is 2.32. The van der Waals surface area contributed by atoms with Gasteiger partial charge in [0.2, 0.25) is 10.0 Å². The normalized spacial score (nSPS) is 20.0. The van der Waals surface area contributed by atoms with Crippen molar-refractivity contribution >= 4 is 10.0 Å². The van der Waals surface area contributed by atoms with Crippen molar-refractivity contribution in [2.75, 3.05) is 12.8 Å². The average Bonchev–Trinajstić information content (AvgIpc) is 3.06. The highest BCUT2D eigenvalue weighted by Gasteiger charge is 2.33. The topological polar surface area (TPSA) is 81.0 Å². The molecule has 1 atom stereocenters. The van der Waals surface area contributed by atoms with E-state index >= 15 is 0 Å². The molecule has 0 unspecified atom stereocenters. The fourth-order valence-corrected chi connectivity index (χ4v) is 3.81. The maximum absolute atomic E-state index is 11.8. The summed E-state index contributed by atoms with van der Waals surface area (Å²) in [6.07, 6.45) is 9.71. The van der Waals surface area contributed by atoms with Gasteiger partial charge in [0.1, 0.15) is 5.69 Å². The van der Waals surface area contributed by atoms with Crippen LogP contribution in [0.1, 0.15) is 24.6 Å². The molecule has 2 aromatic heterocycles. The molecule has 0 N–H and O–H groups in total. The lowest BCUT2D eigenvalue weighted by atomic mass is 10.2. The molecule has 21 heavy (non-hydrogen) atoms. The first kappa shape index (κ1) is 14.2. The van der Waals surface area contributed by atoms with Crippen LogP contribution >= 0.6 is 0 Å². The summed E-state index contributed by atoms with van der Waals surface area (Å²) in [4.78, 5) is 13.0. The second kappa shape index (κ2) is 5.19. The zero-order valence-electron chi connectivity index (χ0n) is 12.0. The Hall–Kier alpha value is -1.80. The van der Waals surface area contributed by atoms with E-state index in [9.17, 15) is 8.42 Å². The number of hydrogen-bond donors (Lipinski definition) is 0. The lowest BCUT2D eigenvalue weighted by Crippen LogP contribution is -2.30. The SMILES string of the molecule is Cn1ccnc1-c1cnc([C@@H]2CCCN2S(C)(=O)=O)cn1. The van der Waals surface area contributed by atoms with Crippen LogP contribution in [-0.2, 0) is 17.1 Å². The van der Waals surface area contributed by atoms with E-state index in [-0.39, 0.29) is 6.04 Å². The zero-order valence-corrected chi connectivity index (χ0v) is 12.8. The van der Waals surface area contributed by atoms with Crippen LogP contribution in [0.3, 0.4) is 0 Å². The molecule has 3 rings (SSSR count). The van der Waals surface area contributed by atoms with Crippen LogP contribution in [0.15, 0.2) is 24.8 Å². The van der Waals surface area contributed by atoms with Gasteiger partial charge in [0.15, 0.2) is 5.82 Å². The Morgan fingerprint density at radius 1 is 1.24 bits per heavy atom. The molecule has 0 aliphatic carbocycles. The third kappa shape index (κ3) is 2.68. The summed E-state index contributed by atoms with van der Waals surface area (Å²) >= 11 is 0. The standard InChI is InChI=1S/C13H17N5O2S/c1-17-7-5-14-13(17)11-9-15-10(8-16-11)12-4-3-6-18(12)21(2,19)20/h5,7-9,12H,3-4,6H2,1-2H3/t12-/m0/s1. The van der Waals surface area contributed by atoms with Gasteiger partial charge < -0.3 is 4.57 Å². The lowest BCUT2D eigenvalue weighted by Gasteiger charge is -2.21. The van der Waals surface area contributed by atoms with Crippen LogP contribution in [-0.4, -0.2) is 45.0 Å². The van der Waals surface area contributed by atoms with Gasteiger partial charge in [-0.15, -0.1) is 0 Å². The van der Waals surface area contributed by atoms with Gasteiger partial charge in [-0.3, -0.25) is 4.98 Å². The van der Waals surface area contributed by atoms with Crippen molar-refractivity contribution < 1.29 is 8.42 Å². The Kier molecular flexibility index (Phi) is 3.50. The Morgan fingerprint density at radius 2 is 2.05 bits per heavy atom. The molecule has 0 aromatic carbocycles. The summed E-state index contributed by atoms with van der Waals surface area (Å²) in [5, 5.41) is 0. The van der Waals surface area contributed by atoms with Crippen molar-refractivity contribution in [1.82, 2.24) is 23.8 Å². The molecular formula is C13H17N5O2S. The number of rotatable bonds is 3. The molecule has 1 aliphatic heterocycles. The van der Waals surface area contributed by atoms with Crippen molar-refractivity contribution in [1.29, 1.82) is 0 Å². The van der Waals surface area contributed by atoms with E-state index in [0.717, 1.165) is 18.7 Å². The summed E-state index contributed by atoms with van der Waals surface area (Å²) in [6, 6.07) is -0.206. The smallest absolute Gasteiger partial charge is 0.211 e. The number of aryl methyl sites for hydroxylation is 1. The predicted octanol–water partition coefficient (Wildman–Crippen LogP) is 0.974. The average molecular weight is 307 g/mol. The van der Waals surface area contributed by atoms with Crippen molar-refractivity contribution in [2.45, 2.75) is 18.9 Å². The second-order valence-electron chi connectivity index (χ2n) is 5.22. The van der Waals surface area contributed by atoms with E-state index in [2.05, 4.69) is 15.0 Å². The maximum atomic E-state index is 11.8. The predicted molar refractivity (Wildman–Crippen MR) is 77.8 cm³/mol. The first-order valence-corrected chi connectivity index (χ1v) is 8.58. The lowest BCUT2D eigenvalue weighted by molar-refractivity contribution is 0.393. The molecule has 1 fully saturated rings. The molecule has 0 bridgehead atoms. The number of aromatic nitrogens is 4. The Bertz CT molecular complexity index is 738. The summed E-state index contributed by atoms with van der Waals surface area (Å²) in [7, 11) is -1.32. The molecule has 1 saturated heterocycles. The fourth-order valence-electron chi connectivity index (χ4n) is 2.67. The minimum atomic E-state index is -3.21. The van der Waals surface area contributed by atoms with E-state index in [0.29, 0.717) is 17.9 Å². The van der Waals surface area contributed by atoms with E-state index < -0.39 is 10.0 Å². The largest absolute Gasteiger partial charge is 0.333 e. The highest BCUT2D eigenvalue weighted by atomic mass is 32.2. The monoisotopic (exact) mass is 307 g/mol. The van der Waals surface area contributed by atoms with Crippen LogP contribution in [0.5, 0.6) is 0 Å². The van der Waals surface area contributed by atoms with Gasteiger partial charge in [-0.25, -0.2) is 18.4 Å². The molecule has 0 amide bonds. The Balaban J connectivity index is 1.89. The maximum Gasteiger partial charge on any atom is 0.211 e. The molecule has 2 aromatic rings. The Morgan fingerprint density at radius 3 is 2.62 bits per heavy atom. The second-order valence-corrected chi connectivity index (χ2v) is 7.16. The Labute approximate surface area is 123 Å². The number of sulfonamides is 1. The van der Waals surface area contributed by atoms with Crippen LogP contribution in [0.4, 0.5) is 0 Å². The van der Waals surface area contributed by atoms with Crippen molar-refractivity contribution in [3.8, 4) is 11.5 Å². The molecule has 112 valence electrons. The summed E-state index contributed by atoms with van der Waals surface area (Å²) in [5.74, 6) is 0.737. The highest BCUT2D eigenvalue weighted by molar-refractivity contribution is 7.88. The van der Waals surface area contributed by atoms with Crippen molar-refractivity contribution in [2.24, 2.45) is 7.05 Å². The zero-order chi connectivity index (χ0) is 15.0.